The van der Waals surface area contributed by atoms with Crippen LogP contribution in [-0.4, -0.2) is 52.8 Å². The van der Waals surface area contributed by atoms with Gasteiger partial charge in [-0.15, -0.1) is 11.3 Å². The van der Waals surface area contributed by atoms with Gasteiger partial charge in [0.1, 0.15) is 22.2 Å². The highest BCUT2D eigenvalue weighted by atomic mass is 32.1. The lowest BCUT2D eigenvalue weighted by molar-refractivity contribution is 0.0636. The van der Waals surface area contributed by atoms with Crippen molar-refractivity contribution in [3.63, 3.8) is 0 Å². The van der Waals surface area contributed by atoms with Gasteiger partial charge in [-0.05, 0) is 45.4 Å². The van der Waals surface area contributed by atoms with Gasteiger partial charge in [0, 0.05) is 41.7 Å². The normalized spacial score (nSPS) is 16.8. The number of nitrogens with one attached hydrogen (secondary N) is 2. The zero-order valence-electron chi connectivity index (χ0n) is 22.9. The molecule has 0 aliphatic carbocycles. The van der Waals surface area contributed by atoms with Crippen LogP contribution in [0.4, 0.5) is 24.5 Å². The Hall–Kier alpha value is -3.99. The molecule has 0 bridgehead atoms. The van der Waals surface area contributed by atoms with Gasteiger partial charge in [-0.25, -0.2) is 23.5 Å². The fourth-order valence-corrected chi connectivity index (χ4v) is 6.37. The average molecular weight is 580 g/mol. The number of hydrogen-bond donors (Lipinski definition) is 2. The SMILES string of the molecule is CN[C@H]1CCN(c2ncc3c4c(c(-c5ncc(F)c6sc(NC(=O)OC(C)(C)C)c(C#N)c56)c(F)c3n2)COC4)C1. The smallest absolute Gasteiger partial charge is 0.412 e. The molecule has 1 fully saturated rings. The Morgan fingerprint density at radius 1 is 1.24 bits per heavy atom. The van der Waals surface area contributed by atoms with Crippen molar-refractivity contribution in [3.05, 3.63) is 40.7 Å². The molecule has 0 radical (unpaired) electrons. The number of nitriles is 1. The molecule has 1 atom stereocenters. The van der Waals surface area contributed by atoms with Crippen LogP contribution in [0.2, 0.25) is 0 Å². The monoisotopic (exact) mass is 579 g/mol. The van der Waals surface area contributed by atoms with Crippen molar-refractivity contribution in [3.8, 4) is 17.3 Å². The van der Waals surface area contributed by atoms with E-state index in [4.69, 9.17) is 9.47 Å². The highest BCUT2D eigenvalue weighted by Crippen LogP contribution is 2.45. The van der Waals surface area contributed by atoms with Crippen LogP contribution < -0.4 is 15.5 Å². The fourth-order valence-electron chi connectivity index (χ4n) is 5.33. The van der Waals surface area contributed by atoms with Crippen molar-refractivity contribution in [1.82, 2.24) is 20.3 Å². The summed E-state index contributed by atoms with van der Waals surface area (Å²) in [5, 5.41) is 16.6. The van der Waals surface area contributed by atoms with Gasteiger partial charge >= 0.3 is 6.09 Å². The van der Waals surface area contributed by atoms with Gasteiger partial charge in [0.05, 0.1) is 35.4 Å². The molecule has 41 heavy (non-hydrogen) atoms. The van der Waals surface area contributed by atoms with Gasteiger partial charge < -0.3 is 19.7 Å². The van der Waals surface area contributed by atoms with Crippen LogP contribution in [0, 0.1) is 23.0 Å². The molecule has 5 heterocycles. The maximum absolute atomic E-state index is 16.6. The largest absolute Gasteiger partial charge is 0.444 e. The summed E-state index contributed by atoms with van der Waals surface area (Å²) in [5.41, 5.74) is 0.698. The van der Waals surface area contributed by atoms with Crippen molar-refractivity contribution < 1.29 is 23.0 Å². The molecule has 10 nitrogen and oxygen atoms in total. The molecule has 0 unspecified atom stereocenters. The molecule has 3 aromatic heterocycles. The fraction of sp³-hybridized carbons (Fsp3) is 0.393. The Morgan fingerprint density at radius 2 is 2.02 bits per heavy atom. The number of halogens is 2. The zero-order valence-corrected chi connectivity index (χ0v) is 23.7. The number of fused-ring (bicyclic) bond motifs is 4. The van der Waals surface area contributed by atoms with Crippen molar-refractivity contribution in [1.29, 1.82) is 5.26 Å². The molecule has 1 aromatic carbocycles. The quantitative estimate of drug-likeness (QED) is 0.334. The molecule has 2 N–H and O–H groups in total. The Kier molecular flexibility index (Phi) is 6.72. The van der Waals surface area contributed by atoms with E-state index >= 15 is 8.78 Å². The lowest BCUT2D eigenvalue weighted by Crippen LogP contribution is -2.30. The van der Waals surface area contributed by atoms with Gasteiger partial charge in [0.2, 0.25) is 5.95 Å². The lowest BCUT2D eigenvalue weighted by atomic mass is 9.94. The van der Waals surface area contributed by atoms with E-state index < -0.39 is 23.3 Å². The number of nitrogens with zero attached hydrogens (tertiary/aromatic N) is 5. The topological polar surface area (TPSA) is 125 Å². The Morgan fingerprint density at radius 3 is 2.73 bits per heavy atom. The number of benzene rings is 1. The number of rotatable bonds is 4. The van der Waals surface area contributed by atoms with Gasteiger partial charge in [-0.3, -0.25) is 10.3 Å². The molecule has 2 aliphatic rings. The van der Waals surface area contributed by atoms with E-state index in [1.54, 1.807) is 27.0 Å². The van der Waals surface area contributed by atoms with Crippen LogP contribution in [0.25, 0.3) is 32.2 Å². The molecule has 13 heteroatoms. The maximum atomic E-state index is 16.6. The van der Waals surface area contributed by atoms with Crippen molar-refractivity contribution in [2.24, 2.45) is 0 Å². The van der Waals surface area contributed by atoms with Crippen LogP contribution in [-0.2, 0) is 22.7 Å². The third-order valence-corrected chi connectivity index (χ3v) is 8.31. The number of pyridine rings is 1. The first-order valence-corrected chi connectivity index (χ1v) is 13.9. The van der Waals surface area contributed by atoms with Gasteiger partial charge in [0.15, 0.2) is 11.6 Å². The predicted molar refractivity (Wildman–Crippen MR) is 151 cm³/mol. The van der Waals surface area contributed by atoms with Gasteiger partial charge in [0.25, 0.3) is 0 Å². The number of carbonyl (C=O) groups is 1. The number of ether oxygens (including phenoxy) is 2. The minimum absolute atomic E-state index is 0.0384. The highest BCUT2D eigenvalue weighted by molar-refractivity contribution is 7.23. The summed E-state index contributed by atoms with van der Waals surface area (Å²) in [4.78, 5) is 27.9. The molecule has 1 saturated heterocycles. The summed E-state index contributed by atoms with van der Waals surface area (Å²) < 4.78 is 42.8. The number of amides is 1. The first kappa shape index (κ1) is 27.2. The number of carbonyl (C=O) groups excluding carboxylic acids is 1. The second-order valence-corrected chi connectivity index (χ2v) is 12.0. The van der Waals surface area contributed by atoms with E-state index in [-0.39, 0.29) is 56.7 Å². The van der Waals surface area contributed by atoms with E-state index in [0.29, 0.717) is 23.4 Å². The van der Waals surface area contributed by atoms with Gasteiger partial charge in [-0.1, -0.05) is 0 Å². The minimum atomic E-state index is -0.798. The first-order valence-electron chi connectivity index (χ1n) is 13.1. The molecule has 4 aromatic rings. The number of likely N-dealkylation sites (N-methyl/N-ethyl adjacent to an activating group) is 1. The number of thiophene rings is 1. The Balaban J connectivity index is 1.54. The third kappa shape index (κ3) is 4.71. The second-order valence-electron chi connectivity index (χ2n) is 11.0. The lowest BCUT2D eigenvalue weighted by Gasteiger charge is -2.19. The maximum Gasteiger partial charge on any atom is 0.412 e. The number of anilines is 2. The van der Waals surface area contributed by atoms with E-state index in [2.05, 4.69) is 25.6 Å². The van der Waals surface area contributed by atoms with Crippen LogP contribution in [0.15, 0.2) is 12.4 Å². The summed E-state index contributed by atoms with van der Waals surface area (Å²) in [6.07, 6.45) is 2.72. The van der Waals surface area contributed by atoms with E-state index in [0.717, 1.165) is 36.1 Å². The summed E-state index contributed by atoms with van der Waals surface area (Å²) >= 11 is 0.861. The standard InChI is InChI=1S/C28H27F2N7O3S/c1-28(2,3)40-27(38)36-25-14(7-31)20-23(33-9-18(29)24(20)41-25)19-17-12-39-11-16(17)15-8-34-26(35-22(15)21(19)30)37-6-5-13(10-37)32-4/h8-9,13,32H,5-6,10-12H2,1-4H3,(H,36,38)/t13-/m0/s1. The average Bonchev–Trinajstić information content (AvgIpc) is 3.67. The van der Waals surface area contributed by atoms with Crippen LogP contribution in [0.5, 0.6) is 0 Å². The van der Waals surface area contributed by atoms with Crippen LogP contribution in [0.3, 0.4) is 0 Å². The zero-order chi connectivity index (χ0) is 29.1. The highest BCUT2D eigenvalue weighted by Gasteiger charge is 2.31. The molecular formula is C28H27F2N7O3S. The molecular weight excluding hydrogens is 552 g/mol. The van der Waals surface area contributed by atoms with Crippen LogP contribution >= 0.6 is 11.3 Å². The van der Waals surface area contributed by atoms with Crippen molar-refractivity contribution in [2.75, 3.05) is 30.4 Å². The minimum Gasteiger partial charge on any atom is -0.444 e. The van der Waals surface area contributed by atoms with Crippen LogP contribution in [0.1, 0.15) is 43.9 Å². The number of hydrogen-bond acceptors (Lipinski definition) is 10. The van der Waals surface area contributed by atoms with Gasteiger partial charge in [-0.2, -0.15) is 5.26 Å². The molecule has 0 saturated carbocycles. The molecule has 2 aliphatic heterocycles. The molecule has 6 rings (SSSR count). The number of aromatic nitrogens is 3. The molecule has 1 amide bonds. The summed E-state index contributed by atoms with van der Waals surface area (Å²) in [7, 11) is 1.90. The predicted octanol–water partition coefficient (Wildman–Crippen LogP) is 5.23. The summed E-state index contributed by atoms with van der Waals surface area (Å²) in [6.45, 7) is 6.85. The van der Waals surface area contributed by atoms with Crippen molar-refractivity contribution in [2.45, 2.75) is 52.0 Å². The first-order chi connectivity index (χ1) is 19.6. The second kappa shape index (κ2) is 10.1. The Bertz CT molecular complexity index is 1760. The molecule has 212 valence electrons. The third-order valence-electron chi connectivity index (χ3n) is 7.20. The summed E-state index contributed by atoms with van der Waals surface area (Å²) in [6, 6.07) is 2.33. The Labute approximate surface area is 238 Å². The molecule has 0 spiro atoms. The van der Waals surface area contributed by atoms with E-state index in [1.165, 1.54) is 0 Å². The summed E-state index contributed by atoms with van der Waals surface area (Å²) in [5.74, 6) is -0.947. The van der Waals surface area contributed by atoms with E-state index in [9.17, 15) is 10.1 Å². The van der Waals surface area contributed by atoms with Crippen molar-refractivity contribution >= 4 is 49.4 Å². The van der Waals surface area contributed by atoms with E-state index in [1.807, 2.05) is 18.0 Å².